The minimum atomic E-state index is -1.28. The number of hydrogen-bond acceptors (Lipinski definition) is 1. The molecule has 0 atom stereocenters. The van der Waals surface area contributed by atoms with Gasteiger partial charge in [-0.3, -0.25) is 0 Å². The number of ether oxygens (including phenoxy) is 1. The molecule has 3 aromatic carbocycles. The van der Waals surface area contributed by atoms with E-state index in [-0.39, 0.29) is 0 Å². The zero-order valence-electron chi connectivity index (χ0n) is 15.4. The van der Waals surface area contributed by atoms with Crippen LogP contribution in [0.5, 0.6) is 5.75 Å². The highest BCUT2D eigenvalue weighted by Crippen LogP contribution is 2.33. The summed E-state index contributed by atoms with van der Waals surface area (Å²) in [5, 5.41) is 0. The lowest BCUT2D eigenvalue weighted by molar-refractivity contribution is 0.176. The lowest BCUT2D eigenvalue weighted by atomic mass is 9.95. The molecule has 0 saturated heterocycles. The van der Waals surface area contributed by atoms with E-state index >= 15 is 0 Å². The molecule has 0 heterocycles. The smallest absolute Gasteiger partial charge is 0.228 e. The van der Waals surface area contributed by atoms with E-state index in [4.69, 9.17) is 0 Å². The highest BCUT2D eigenvalue weighted by molar-refractivity contribution is 5.74. The summed E-state index contributed by atoms with van der Waals surface area (Å²) in [7, 11) is 0. The fraction of sp³-hybridized carbons (Fsp3) is 0.217. The molecular formula is C23H21F3O. The van der Waals surface area contributed by atoms with Crippen molar-refractivity contribution in [2.45, 2.75) is 26.7 Å². The highest BCUT2D eigenvalue weighted by Gasteiger charge is 2.15. The third-order valence-corrected chi connectivity index (χ3v) is 4.56. The minimum Gasteiger partial charge on any atom is -0.457 e. The molecule has 4 heteroatoms. The van der Waals surface area contributed by atoms with Gasteiger partial charge in [-0.2, -0.15) is 0 Å². The Kier molecular flexibility index (Phi) is 5.84. The van der Waals surface area contributed by atoms with Crippen LogP contribution in [0.1, 0.15) is 24.5 Å². The van der Waals surface area contributed by atoms with Gasteiger partial charge in [-0.1, -0.05) is 55.8 Å². The van der Waals surface area contributed by atoms with Gasteiger partial charge in [-0.05, 0) is 58.9 Å². The number of benzene rings is 3. The van der Waals surface area contributed by atoms with Crippen molar-refractivity contribution in [3.8, 4) is 28.0 Å². The molecule has 1 nitrogen and oxygen atoms in total. The summed E-state index contributed by atoms with van der Waals surface area (Å²) >= 11 is 0. The standard InChI is InChI=1S/C23H21F3O/c1-3-4-16-5-7-17(8-6-16)18-9-10-20(15(2)11-18)19-12-21(25)23(27-14-24)22(26)13-19/h5-13H,3-4,14H2,1-2H3. The second-order valence-electron chi connectivity index (χ2n) is 6.50. The van der Waals surface area contributed by atoms with Crippen molar-refractivity contribution in [1.29, 1.82) is 0 Å². The van der Waals surface area contributed by atoms with E-state index in [1.54, 1.807) is 0 Å². The van der Waals surface area contributed by atoms with Gasteiger partial charge in [0.05, 0.1) is 0 Å². The first kappa shape index (κ1) is 19.0. The molecule has 0 aliphatic rings. The Bertz CT molecular complexity index is 910. The van der Waals surface area contributed by atoms with Crippen molar-refractivity contribution in [3.63, 3.8) is 0 Å². The lowest BCUT2D eigenvalue weighted by Crippen LogP contribution is -1.98. The monoisotopic (exact) mass is 370 g/mol. The van der Waals surface area contributed by atoms with Crippen LogP contribution in [-0.2, 0) is 6.42 Å². The van der Waals surface area contributed by atoms with Crippen LogP contribution in [-0.4, -0.2) is 6.86 Å². The number of rotatable bonds is 6. The van der Waals surface area contributed by atoms with Crippen molar-refractivity contribution in [3.05, 3.63) is 77.4 Å². The summed E-state index contributed by atoms with van der Waals surface area (Å²) in [4.78, 5) is 0. The average molecular weight is 370 g/mol. The zero-order chi connectivity index (χ0) is 19.4. The Balaban J connectivity index is 1.93. The maximum atomic E-state index is 14.0. The maximum absolute atomic E-state index is 14.0. The summed E-state index contributed by atoms with van der Waals surface area (Å²) in [6.07, 6.45) is 2.16. The molecule has 0 bridgehead atoms. The Morgan fingerprint density at radius 1 is 0.815 bits per heavy atom. The minimum absolute atomic E-state index is 0.388. The molecule has 3 rings (SSSR count). The Hall–Kier alpha value is -2.75. The normalized spacial score (nSPS) is 10.9. The first-order valence-corrected chi connectivity index (χ1v) is 8.91. The molecule has 0 aromatic heterocycles. The molecule has 0 spiro atoms. The van der Waals surface area contributed by atoms with Gasteiger partial charge < -0.3 is 4.74 Å². The van der Waals surface area contributed by atoms with E-state index in [1.807, 2.05) is 25.1 Å². The van der Waals surface area contributed by atoms with Crippen LogP contribution < -0.4 is 4.74 Å². The predicted molar refractivity (Wildman–Crippen MR) is 103 cm³/mol. The van der Waals surface area contributed by atoms with Crippen molar-refractivity contribution in [2.24, 2.45) is 0 Å². The molecule has 0 aliphatic heterocycles. The Morgan fingerprint density at radius 3 is 2.00 bits per heavy atom. The SMILES string of the molecule is CCCc1ccc(-c2ccc(-c3cc(F)c(OCF)c(F)c3)c(C)c2)cc1. The van der Waals surface area contributed by atoms with Gasteiger partial charge in [0.2, 0.25) is 6.86 Å². The van der Waals surface area contributed by atoms with E-state index < -0.39 is 24.2 Å². The van der Waals surface area contributed by atoms with E-state index in [0.29, 0.717) is 11.1 Å². The molecule has 140 valence electrons. The second-order valence-corrected chi connectivity index (χ2v) is 6.50. The fourth-order valence-electron chi connectivity index (χ4n) is 3.23. The summed E-state index contributed by atoms with van der Waals surface area (Å²) in [6.45, 7) is 2.77. The highest BCUT2D eigenvalue weighted by atomic mass is 19.1. The average Bonchev–Trinajstić information content (AvgIpc) is 2.65. The zero-order valence-corrected chi connectivity index (χ0v) is 15.4. The van der Waals surface area contributed by atoms with Crippen LogP contribution in [0.3, 0.4) is 0 Å². The van der Waals surface area contributed by atoms with E-state index in [0.717, 1.165) is 41.7 Å². The largest absolute Gasteiger partial charge is 0.457 e. The third-order valence-electron chi connectivity index (χ3n) is 4.56. The van der Waals surface area contributed by atoms with Gasteiger partial charge in [0.15, 0.2) is 17.4 Å². The number of aryl methyl sites for hydroxylation is 2. The van der Waals surface area contributed by atoms with Crippen molar-refractivity contribution >= 4 is 0 Å². The molecule has 0 fully saturated rings. The van der Waals surface area contributed by atoms with E-state index in [1.165, 1.54) is 5.56 Å². The molecule has 0 amide bonds. The molecule has 0 radical (unpaired) electrons. The van der Waals surface area contributed by atoms with Crippen LogP contribution in [0.15, 0.2) is 54.6 Å². The summed E-state index contributed by atoms with van der Waals surface area (Å²) in [6, 6.07) is 16.5. The predicted octanol–water partition coefficient (Wildman–Crippen LogP) is 6.87. The number of alkyl halides is 1. The Labute approximate surface area is 157 Å². The van der Waals surface area contributed by atoms with Crippen LogP contribution in [0.25, 0.3) is 22.3 Å². The summed E-state index contributed by atoms with van der Waals surface area (Å²) < 4.78 is 44.7. The second kappa shape index (κ2) is 8.30. The lowest BCUT2D eigenvalue weighted by Gasteiger charge is -2.12. The quantitative estimate of drug-likeness (QED) is 0.460. The molecule has 0 N–H and O–H groups in total. The van der Waals surface area contributed by atoms with E-state index in [9.17, 15) is 13.2 Å². The van der Waals surface area contributed by atoms with Crippen molar-refractivity contribution in [1.82, 2.24) is 0 Å². The van der Waals surface area contributed by atoms with Gasteiger partial charge in [-0.25, -0.2) is 13.2 Å². The molecule has 0 unspecified atom stereocenters. The fourth-order valence-corrected chi connectivity index (χ4v) is 3.23. The van der Waals surface area contributed by atoms with Gasteiger partial charge >= 0.3 is 0 Å². The maximum Gasteiger partial charge on any atom is 0.228 e. The Morgan fingerprint density at radius 2 is 1.44 bits per heavy atom. The first-order valence-electron chi connectivity index (χ1n) is 8.91. The topological polar surface area (TPSA) is 9.23 Å². The molecule has 3 aromatic rings. The molecule has 0 saturated carbocycles. The van der Waals surface area contributed by atoms with Crippen LogP contribution >= 0.6 is 0 Å². The molecule has 27 heavy (non-hydrogen) atoms. The first-order chi connectivity index (χ1) is 13.0. The number of hydrogen-bond donors (Lipinski definition) is 0. The summed E-state index contributed by atoms with van der Waals surface area (Å²) in [5.41, 5.74) is 5.43. The van der Waals surface area contributed by atoms with Gasteiger partial charge in [0.1, 0.15) is 0 Å². The third kappa shape index (κ3) is 4.16. The van der Waals surface area contributed by atoms with Crippen LogP contribution in [0.2, 0.25) is 0 Å². The van der Waals surface area contributed by atoms with Gasteiger partial charge in [0.25, 0.3) is 0 Å². The van der Waals surface area contributed by atoms with E-state index in [2.05, 4.69) is 35.9 Å². The molecular weight excluding hydrogens is 349 g/mol. The molecule has 0 aliphatic carbocycles. The van der Waals surface area contributed by atoms with Crippen LogP contribution in [0, 0.1) is 18.6 Å². The van der Waals surface area contributed by atoms with Crippen LogP contribution in [0.4, 0.5) is 13.2 Å². The number of halogens is 3. The van der Waals surface area contributed by atoms with Crippen molar-refractivity contribution in [2.75, 3.05) is 6.86 Å². The van der Waals surface area contributed by atoms with Gasteiger partial charge in [0, 0.05) is 0 Å². The summed E-state index contributed by atoms with van der Waals surface area (Å²) in [5.74, 6) is -2.53. The van der Waals surface area contributed by atoms with Crippen molar-refractivity contribution < 1.29 is 17.9 Å². The van der Waals surface area contributed by atoms with Gasteiger partial charge in [-0.15, -0.1) is 0 Å².